The van der Waals surface area contributed by atoms with E-state index >= 15 is 0 Å². The highest BCUT2D eigenvalue weighted by Crippen LogP contribution is 2.14. The van der Waals surface area contributed by atoms with Gasteiger partial charge in [0.25, 0.3) is 0 Å². The van der Waals surface area contributed by atoms with Crippen molar-refractivity contribution in [3.05, 3.63) is 39.5 Å². The van der Waals surface area contributed by atoms with Gasteiger partial charge >= 0.3 is 5.97 Å². The van der Waals surface area contributed by atoms with E-state index < -0.39 is 5.97 Å². The van der Waals surface area contributed by atoms with Gasteiger partial charge in [-0.1, -0.05) is 0 Å². The Bertz CT molecular complexity index is 580. The minimum Gasteiger partial charge on any atom is -0.478 e. The number of hydrogen-bond donors (Lipinski definition) is 2. The van der Waals surface area contributed by atoms with Gasteiger partial charge < -0.3 is 10.4 Å². The molecule has 5 nitrogen and oxygen atoms in total. The molecule has 0 bridgehead atoms. The Labute approximate surface area is 109 Å². The number of carbonyl (C=O) groups is 1. The summed E-state index contributed by atoms with van der Waals surface area (Å²) in [5.74, 6) is -0.299. The first-order valence-electron chi connectivity index (χ1n) is 5.42. The van der Waals surface area contributed by atoms with E-state index in [0.29, 0.717) is 18.1 Å². The zero-order valence-corrected chi connectivity index (χ0v) is 10.9. The summed E-state index contributed by atoms with van der Waals surface area (Å²) in [5.41, 5.74) is 0.730. The SMILES string of the molecule is Cc1cnc(CNc2ccc(C(=O)O)c(C)n2)s1. The molecule has 0 saturated heterocycles. The van der Waals surface area contributed by atoms with Crippen LogP contribution >= 0.6 is 11.3 Å². The van der Waals surface area contributed by atoms with E-state index in [2.05, 4.69) is 15.3 Å². The molecule has 6 heteroatoms. The number of carboxylic acids is 1. The summed E-state index contributed by atoms with van der Waals surface area (Å²) in [5, 5.41) is 13.0. The predicted molar refractivity (Wildman–Crippen MR) is 70.1 cm³/mol. The lowest BCUT2D eigenvalue weighted by Crippen LogP contribution is -2.06. The Kier molecular flexibility index (Phi) is 3.57. The zero-order chi connectivity index (χ0) is 13.1. The maximum absolute atomic E-state index is 10.8. The Hall–Kier alpha value is -1.95. The summed E-state index contributed by atoms with van der Waals surface area (Å²) in [6.07, 6.45) is 1.83. The topological polar surface area (TPSA) is 75.1 Å². The third-order valence-electron chi connectivity index (χ3n) is 2.41. The summed E-state index contributed by atoms with van der Waals surface area (Å²) >= 11 is 1.62. The average Bonchev–Trinajstić information content (AvgIpc) is 2.72. The van der Waals surface area contributed by atoms with E-state index in [-0.39, 0.29) is 5.56 Å². The van der Waals surface area contributed by atoms with Gasteiger partial charge in [-0.3, -0.25) is 0 Å². The lowest BCUT2D eigenvalue weighted by molar-refractivity contribution is 0.0695. The molecule has 94 valence electrons. The van der Waals surface area contributed by atoms with Gasteiger partial charge in [0.15, 0.2) is 0 Å². The van der Waals surface area contributed by atoms with Gasteiger partial charge in [0.05, 0.1) is 17.8 Å². The summed E-state index contributed by atoms with van der Waals surface area (Å²) < 4.78 is 0. The van der Waals surface area contributed by atoms with Crippen molar-refractivity contribution in [3.63, 3.8) is 0 Å². The molecule has 18 heavy (non-hydrogen) atoms. The van der Waals surface area contributed by atoms with Crippen molar-refractivity contribution in [1.82, 2.24) is 9.97 Å². The summed E-state index contributed by atoms with van der Waals surface area (Å²) in [6, 6.07) is 3.22. The fourth-order valence-electron chi connectivity index (χ4n) is 1.53. The fourth-order valence-corrected chi connectivity index (χ4v) is 2.26. The first-order chi connectivity index (χ1) is 8.56. The minimum atomic E-state index is -0.956. The quantitative estimate of drug-likeness (QED) is 0.886. The summed E-state index contributed by atoms with van der Waals surface area (Å²) in [4.78, 5) is 20.4. The van der Waals surface area contributed by atoms with Crippen molar-refractivity contribution in [1.29, 1.82) is 0 Å². The Morgan fingerprint density at radius 2 is 2.22 bits per heavy atom. The second-order valence-corrected chi connectivity index (χ2v) is 5.17. The van der Waals surface area contributed by atoms with Crippen molar-refractivity contribution in [2.24, 2.45) is 0 Å². The van der Waals surface area contributed by atoms with Crippen LogP contribution in [0.3, 0.4) is 0 Å². The number of pyridine rings is 1. The highest BCUT2D eigenvalue weighted by molar-refractivity contribution is 7.11. The summed E-state index contributed by atoms with van der Waals surface area (Å²) in [7, 11) is 0. The molecule has 0 saturated carbocycles. The van der Waals surface area contributed by atoms with Crippen LogP contribution in [0.1, 0.15) is 25.9 Å². The number of carboxylic acid groups (broad SMARTS) is 1. The monoisotopic (exact) mass is 263 g/mol. The Morgan fingerprint density at radius 1 is 1.44 bits per heavy atom. The fraction of sp³-hybridized carbons (Fsp3) is 0.250. The smallest absolute Gasteiger partial charge is 0.337 e. The van der Waals surface area contributed by atoms with Crippen molar-refractivity contribution in [2.75, 3.05) is 5.32 Å². The number of thiazole rings is 1. The summed E-state index contributed by atoms with van der Waals surface area (Å²) in [6.45, 7) is 4.28. The van der Waals surface area contributed by atoms with Crippen LogP contribution in [0.15, 0.2) is 18.3 Å². The van der Waals surface area contributed by atoms with Gasteiger partial charge in [-0.15, -0.1) is 11.3 Å². The number of nitrogens with one attached hydrogen (secondary N) is 1. The average molecular weight is 263 g/mol. The largest absolute Gasteiger partial charge is 0.478 e. The standard InChI is InChI=1S/C12H13N3O2S/c1-7-5-14-11(18-7)6-13-10-4-3-9(12(16)17)8(2)15-10/h3-5H,6H2,1-2H3,(H,13,15)(H,16,17). The van der Waals surface area contributed by atoms with Crippen LogP contribution in [-0.2, 0) is 6.54 Å². The van der Waals surface area contributed by atoms with E-state index in [9.17, 15) is 4.79 Å². The molecule has 2 rings (SSSR count). The van der Waals surface area contributed by atoms with E-state index in [0.717, 1.165) is 9.88 Å². The first kappa shape index (κ1) is 12.5. The number of aromatic carboxylic acids is 1. The lowest BCUT2D eigenvalue weighted by atomic mass is 10.2. The van der Waals surface area contributed by atoms with Crippen molar-refractivity contribution >= 4 is 23.1 Å². The molecule has 0 aliphatic carbocycles. The van der Waals surface area contributed by atoms with Crippen molar-refractivity contribution in [2.45, 2.75) is 20.4 Å². The van der Waals surface area contributed by atoms with E-state index in [4.69, 9.17) is 5.11 Å². The van der Waals surface area contributed by atoms with Gasteiger partial charge in [0.2, 0.25) is 0 Å². The second kappa shape index (κ2) is 5.14. The van der Waals surface area contributed by atoms with Crippen molar-refractivity contribution < 1.29 is 9.90 Å². The maximum Gasteiger partial charge on any atom is 0.337 e. The predicted octanol–water partition coefficient (Wildman–Crippen LogP) is 2.47. The number of nitrogens with zero attached hydrogens (tertiary/aromatic N) is 2. The molecular formula is C12H13N3O2S. The highest BCUT2D eigenvalue weighted by atomic mass is 32.1. The van der Waals surface area contributed by atoms with E-state index in [1.807, 2.05) is 13.1 Å². The van der Waals surface area contributed by atoms with Gasteiger partial charge in [-0.2, -0.15) is 0 Å². The molecule has 0 atom stereocenters. The first-order valence-corrected chi connectivity index (χ1v) is 6.24. The number of hydrogen-bond acceptors (Lipinski definition) is 5. The molecule has 0 amide bonds. The number of aromatic nitrogens is 2. The van der Waals surface area contributed by atoms with Gasteiger partial charge in [-0.05, 0) is 26.0 Å². The van der Waals surface area contributed by atoms with Crippen LogP contribution in [0.2, 0.25) is 0 Å². The van der Waals surface area contributed by atoms with E-state index in [1.54, 1.807) is 30.4 Å². The second-order valence-electron chi connectivity index (χ2n) is 3.85. The number of aryl methyl sites for hydroxylation is 2. The van der Waals surface area contributed by atoms with Crippen LogP contribution in [0.25, 0.3) is 0 Å². The normalized spacial score (nSPS) is 10.3. The van der Waals surface area contributed by atoms with Gasteiger partial charge in [0, 0.05) is 11.1 Å². The van der Waals surface area contributed by atoms with Crippen LogP contribution in [0, 0.1) is 13.8 Å². The Balaban J connectivity index is 2.06. The minimum absolute atomic E-state index is 0.227. The van der Waals surface area contributed by atoms with Crippen molar-refractivity contribution in [3.8, 4) is 0 Å². The van der Waals surface area contributed by atoms with Crippen LogP contribution in [-0.4, -0.2) is 21.0 Å². The molecule has 0 aliphatic rings. The lowest BCUT2D eigenvalue weighted by Gasteiger charge is -2.06. The van der Waals surface area contributed by atoms with Gasteiger partial charge in [-0.25, -0.2) is 14.8 Å². The molecule has 2 aromatic rings. The zero-order valence-electron chi connectivity index (χ0n) is 10.1. The van der Waals surface area contributed by atoms with Crippen LogP contribution in [0.4, 0.5) is 5.82 Å². The van der Waals surface area contributed by atoms with E-state index in [1.165, 1.54) is 0 Å². The maximum atomic E-state index is 10.8. The molecule has 0 fully saturated rings. The number of rotatable bonds is 4. The molecule has 0 unspecified atom stereocenters. The molecule has 0 radical (unpaired) electrons. The van der Waals surface area contributed by atoms with Gasteiger partial charge in [0.1, 0.15) is 10.8 Å². The third kappa shape index (κ3) is 2.84. The third-order valence-corrected chi connectivity index (χ3v) is 3.32. The highest BCUT2D eigenvalue weighted by Gasteiger charge is 2.08. The molecule has 2 aromatic heterocycles. The van der Waals surface area contributed by atoms with Crippen LogP contribution in [0.5, 0.6) is 0 Å². The number of anilines is 1. The molecular weight excluding hydrogens is 250 g/mol. The molecule has 2 N–H and O–H groups in total. The molecule has 0 aromatic carbocycles. The Morgan fingerprint density at radius 3 is 2.78 bits per heavy atom. The van der Waals surface area contributed by atoms with Crippen LogP contribution < -0.4 is 5.32 Å². The molecule has 0 spiro atoms. The molecule has 2 heterocycles. The molecule has 0 aliphatic heterocycles.